The molecule has 2 amide bonds. The van der Waals surface area contributed by atoms with Gasteiger partial charge in [0.25, 0.3) is 0 Å². The lowest BCUT2D eigenvalue weighted by Gasteiger charge is -2.31. The molecular formula is C25H32ClN3O5. The molecule has 0 bridgehead atoms. The summed E-state index contributed by atoms with van der Waals surface area (Å²) in [5, 5.41) is 6.24. The summed E-state index contributed by atoms with van der Waals surface area (Å²) in [5.41, 5.74) is 2.09. The summed E-state index contributed by atoms with van der Waals surface area (Å²) in [6, 6.07) is 10.3. The Morgan fingerprint density at radius 2 is 1.76 bits per heavy atom. The number of hydrogen-bond acceptors (Lipinski definition) is 6. The molecule has 0 saturated carbocycles. The van der Waals surface area contributed by atoms with Gasteiger partial charge in [-0.15, -0.1) is 0 Å². The third-order valence-electron chi connectivity index (χ3n) is 5.33. The molecule has 1 aliphatic rings. The zero-order valence-electron chi connectivity index (χ0n) is 19.9. The van der Waals surface area contributed by atoms with Crippen molar-refractivity contribution in [2.24, 2.45) is 0 Å². The molecule has 2 aromatic rings. The third-order valence-corrected chi connectivity index (χ3v) is 5.68. The molecule has 1 aliphatic heterocycles. The number of nitrogens with zero attached hydrogens (tertiary/aromatic N) is 1. The Kier molecular flexibility index (Phi) is 9.42. The average Bonchev–Trinajstić information content (AvgIpc) is 2.81. The lowest BCUT2D eigenvalue weighted by Crippen LogP contribution is -2.36. The van der Waals surface area contributed by atoms with Gasteiger partial charge >= 0.3 is 0 Å². The second-order valence-corrected chi connectivity index (χ2v) is 8.22. The van der Waals surface area contributed by atoms with Crippen molar-refractivity contribution in [2.75, 3.05) is 49.7 Å². The fourth-order valence-corrected chi connectivity index (χ4v) is 4.14. The van der Waals surface area contributed by atoms with E-state index in [1.165, 1.54) is 6.92 Å². The lowest BCUT2D eigenvalue weighted by molar-refractivity contribution is -0.120. The third kappa shape index (κ3) is 6.77. The lowest BCUT2D eigenvalue weighted by atomic mass is 10.0. The molecule has 184 valence electrons. The fraction of sp³-hybridized carbons (Fsp3) is 0.440. The molecule has 0 spiro atoms. The molecule has 1 saturated heterocycles. The van der Waals surface area contributed by atoms with Crippen LogP contribution in [0.25, 0.3) is 0 Å². The Labute approximate surface area is 205 Å². The van der Waals surface area contributed by atoms with E-state index >= 15 is 0 Å². The number of halogens is 1. The molecule has 1 heterocycles. The Balaban J connectivity index is 1.87. The first kappa shape index (κ1) is 25.6. The van der Waals surface area contributed by atoms with Crippen LogP contribution in [0.1, 0.15) is 38.8 Å². The maximum absolute atomic E-state index is 13.1. The Bertz CT molecular complexity index is 995. The molecule has 1 unspecified atom stereocenters. The molecule has 2 aromatic carbocycles. The second kappa shape index (κ2) is 12.5. The van der Waals surface area contributed by atoms with Crippen molar-refractivity contribution in [2.45, 2.75) is 33.2 Å². The van der Waals surface area contributed by atoms with Gasteiger partial charge in [-0.05, 0) is 25.5 Å². The molecule has 34 heavy (non-hydrogen) atoms. The summed E-state index contributed by atoms with van der Waals surface area (Å²) >= 11 is 6.33. The van der Waals surface area contributed by atoms with Crippen molar-refractivity contribution in [1.29, 1.82) is 0 Å². The van der Waals surface area contributed by atoms with Gasteiger partial charge in [-0.2, -0.15) is 0 Å². The smallest absolute Gasteiger partial charge is 0.226 e. The Morgan fingerprint density at radius 3 is 2.41 bits per heavy atom. The average molecular weight is 490 g/mol. The first-order valence-corrected chi connectivity index (χ1v) is 11.9. The van der Waals surface area contributed by atoms with Gasteiger partial charge < -0.3 is 29.7 Å². The molecule has 2 N–H and O–H groups in total. The van der Waals surface area contributed by atoms with Gasteiger partial charge in [0.2, 0.25) is 11.8 Å². The van der Waals surface area contributed by atoms with E-state index in [4.69, 9.17) is 25.8 Å². The van der Waals surface area contributed by atoms with Crippen LogP contribution in [0.3, 0.4) is 0 Å². The highest BCUT2D eigenvalue weighted by molar-refractivity contribution is 6.31. The highest BCUT2D eigenvalue weighted by atomic mass is 35.5. The monoisotopic (exact) mass is 489 g/mol. The van der Waals surface area contributed by atoms with Gasteiger partial charge in [0, 0.05) is 37.2 Å². The Morgan fingerprint density at radius 1 is 1.09 bits per heavy atom. The van der Waals surface area contributed by atoms with Crippen molar-refractivity contribution in [1.82, 2.24) is 5.32 Å². The van der Waals surface area contributed by atoms with Crippen LogP contribution in [0.15, 0.2) is 36.4 Å². The number of nitrogens with one attached hydrogen (secondary N) is 2. The molecule has 8 nitrogen and oxygen atoms in total. The Hall–Kier alpha value is -2.97. The minimum Gasteiger partial charge on any atom is -0.492 e. The van der Waals surface area contributed by atoms with Crippen LogP contribution in [-0.2, 0) is 14.3 Å². The predicted molar refractivity (Wildman–Crippen MR) is 133 cm³/mol. The standard InChI is InChI=1S/C25H32ClN3O5/c1-4-33-23-16-22(29-10-12-32-13-11-29)24(34-5-2)14-21(23)28-25(31)15-20(27-17(3)30)18-8-6-7-9-19(18)26/h6-9,14,16,20H,4-5,10-13,15H2,1-3H3,(H,27,30)(H,28,31). The van der Waals surface area contributed by atoms with Crippen LogP contribution in [0, 0.1) is 0 Å². The van der Waals surface area contributed by atoms with Crippen LogP contribution < -0.4 is 25.0 Å². The number of ether oxygens (including phenoxy) is 3. The number of carbonyl (C=O) groups is 2. The number of amides is 2. The first-order valence-electron chi connectivity index (χ1n) is 11.5. The second-order valence-electron chi connectivity index (χ2n) is 7.81. The highest BCUT2D eigenvalue weighted by Gasteiger charge is 2.23. The SMILES string of the molecule is CCOc1cc(N2CCOCC2)c(OCC)cc1NC(=O)CC(NC(C)=O)c1ccccc1Cl. The molecule has 1 fully saturated rings. The molecule has 0 aromatic heterocycles. The summed E-state index contributed by atoms with van der Waals surface area (Å²) in [4.78, 5) is 27.0. The summed E-state index contributed by atoms with van der Waals surface area (Å²) in [5.74, 6) is 0.671. The van der Waals surface area contributed by atoms with Gasteiger partial charge in [0.15, 0.2) is 0 Å². The van der Waals surface area contributed by atoms with E-state index in [0.717, 1.165) is 18.8 Å². The number of carbonyl (C=O) groups excluding carboxylic acids is 2. The zero-order valence-corrected chi connectivity index (χ0v) is 20.6. The van der Waals surface area contributed by atoms with E-state index in [1.54, 1.807) is 24.3 Å². The van der Waals surface area contributed by atoms with E-state index in [2.05, 4.69) is 15.5 Å². The molecule has 0 radical (unpaired) electrons. The van der Waals surface area contributed by atoms with Crippen LogP contribution in [0.4, 0.5) is 11.4 Å². The van der Waals surface area contributed by atoms with Gasteiger partial charge in [-0.1, -0.05) is 29.8 Å². The summed E-state index contributed by atoms with van der Waals surface area (Å²) in [7, 11) is 0. The van der Waals surface area contributed by atoms with Crippen molar-refractivity contribution < 1.29 is 23.8 Å². The van der Waals surface area contributed by atoms with Crippen LogP contribution in [0.2, 0.25) is 5.02 Å². The number of hydrogen-bond donors (Lipinski definition) is 2. The molecule has 3 rings (SSSR count). The van der Waals surface area contributed by atoms with Crippen LogP contribution in [0.5, 0.6) is 11.5 Å². The van der Waals surface area contributed by atoms with Gasteiger partial charge in [0.05, 0.1) is 50.3 Å². The van der Waals surface area contributed by atoms with Crippen molar-refractivity contribution in [3.8, 4) is 11.5 Å². The quantitative estimate of drug-likeness (QED) is 0.520. The zero-order chi connectivity index (χ0) is 24.5. The minimum absolute atomic E-state index is 0.00403. The van der Waals surface area contributed by atoms with Gasteiger partial charge in [0.1, 0.15) is 11.5 Å². The van der Waals surface area contributed by atoms with Crippen molar-refractivity contribution in [3.05, 3.63) is 47.0 Å². The van der Waals surface area contributed by atoms with E-state index in [-0.39, 0.29) is 18.2 Å². The fourth-order valence-electron chi connectivity index (χ4n) is 3.87. The van der Waals surface area contributed by atoms with E-state index < -0.39 is 6.04 Å². The first-order chi connectivity index (χ1) is 16.4. The van der Waals surface area contributed by atoms with E-state index in [1.807, 2.05) is 26.0 Å². The number of anilines is 2. The number of rotatable bonds is 10. The largest absolute Gasteiger partial charge is 0.492 e. The number of benzene rings is 2. The molecule has 0 aliphatic carbocycles. The van der Waals surface area contributed by atoms with Gasteiger partial charge in [-0.3, -0.25) is 9.59 Å². The maximum atomic E-state index is 13.1. The van der Waals surface area contributed by atoms with Crippen molar-refractivity contribution in [3.63, 3.8) is 0 Å². The predicted octanol–water partition coefficient (Wildman–Crippen LogP) is 4.18. The number of morpholine rings is 1. The molecule has 1 atom stereocenters. The highest BCUT2D eigenvalue weighted by Crippen LogP contribution is 2.39. The van der Waals surface area contributed by atoms with E-state index in [0.29, 0.717) is 54.2 Å². The normalized spacial score (nSPS) is 14.3. The van der Waals surface area contributed by atoms with Crippen LogP contribution >= 0.6 is 11.6 Å². The van der Waals surface area contributed by atoms with Crippen LogP contribution in [-0.4, -0.2) is 51.3 Å². The van der Waals surface area contributed by atoms with Crippen molar-refractivity contribution >= 4 is 34.8 Å². The van der Waals surface area contributed by atoms with E-state index in [9.17, 15) is 9.59 Å². The van der Waals surface area contributed by atoms with Gasteiger partial charge in [-0.25, -0.2) is 0 Å². The summed E-state index contributed by atoms with van der Waals surface area (Å²) < 4.78 is 17.2. The summed E-state index contributed by atoms with van der Waals surface area (Å²) in [6.07, 6.45) is 0.00403. The maximum Gasteiger partial charge on any atom is 0.226 e. The topological polar surface area (TPSA) is 89.1 Å². The molecule has 9 heteroatoms. The summed E-state index contributed by atoms with van der Waals surface area (Å²) in [6.45, 7) is 8.90. The molecular weight excluding hydrogens is 458 g/mol. The minimum atomic E-state index is -0.569.